The Morgan fingerprint density at radius 3 is 2.50 bits per heavy atom. The highest BCUT2D eigenvalue weighted by Gasteiger charge is 2.04. The number of sulfonamides is 1. The first kappa shape index (κ1) is 12.6. The van der Waals surface area contributed by atoms with Crippen LogP contribution in [0.4, 0.5) is 0 Å². The van der Waals surface area contributed by atoms with Gasteiger partial charge in [-0.15, -0.1) is 0 Å². The van der Waals surface area contributed by atoms with Crippen LogP contribution in [0.25, 0.3) is 10.8 Å². The van der Waals surface area contributed by atoms with Crippen LogP contribution in [0.3, 0.4) is 0 Å². The van der Waals surface area contributed by atoms with Crippen molar-refractivity contribution in [3.63, 3.8) is 0 Å². The minimum atomic E-state index is -3.44. The van der Waals surface area contributed by atoms with Gasteiger partial charge in [-0.3, -0.25) is 0 Å². The van der Waals surface area contributed by atoms with Crippen molar-refractivity contribution < 1.29 is 8.42 Å². The van der Waals surface area contributed by atoms with E-state index in [0.29, 0.717) is 12.0 Å². The van der Waals surface area contributed by atoms with E-state index in [-0.39, 0.29) is 5.75 Å². The van der Waals surface area contributed by atoms with Crippen LogP contribution in [0, 0.1) is 11.3 Å². The quantitative estimate of drug-likeness (QED) is 0.908. The molecule has 0 saturated carbocycles. The van der Waals surface area contributed by atoms with Crippen LogP contribution >= 0.6 is 0 Å². The van der Waals surface area contributed by atoms with E-state index in [4.69, 9.17) is 10.4 Å². The van der Waals surface area contributed by atoms with Crippen molar-refractivity contribution in [2.75, 3.05) is 5.75 Å². The summed E-state index contributed by atoms with van der Waals surface area (Å²) in [5, 5.41) is 15.8. The highest BCUT2D eigenvalue weighted by molar-refractivity contribution is 7.89. The predicted molar refractivity (Wildman–Crippen MR) is 70.3 cm³/mol. The zero-order valence-corrected chi connectivity index (χ0v) is 10.4. The average molecular weight is 260 g/mol. The Balaban J connectivity index is 2.34. The summed E-state index contributed by atoms with van der Waals surface area (Å²) in [5.74, 6) is -0.0730. The molecule has 2 aromatic rings. The molecule has 0 aliphatic heterocycles. The number of primary sulfonamides is 1. The number of hydrogen-bond donors (Lipinski definition) is 1. The van der Waals surface area contributed by atoms with Gasteiger partial charge in [-0.05, 0) is 34.9 Å². The first-order valence-corrected chi connectivity index (χ1v) is 7.13. The van der Waals surface area contributed by atoms with Gasteiger partial charge in [-0.25, -0.2) is 13.6 Å². The third-order valence-electron chi connectivity index (χ3n) is 2.71. The molecule has 92 valence electrons. The molecule has 0 bridgehead atoms. The topological polar surface area (TPSA) is 83.9 Å². The van der Waals surface area contributed by atoms with E-state index in [0.717, 1.165) is 16.3 Å². The molecule has 0 spiro atoms. The molecule has 0 amide bonds. The zero-order chi connectivity index (χ0) is 13.2. The summed E-state index contributed by atoms with van der Waals surface area (Å²) in [7, 11) is -3.44. The molecular formula is C13H12N2O2S. The van der Waals surface area contributed by atoms with Crippen molar-refractivity contribution in [2.24, 2.45) is 5.14 Å². The molecule has 0 fully saturated rings. The fourth-order valence-corrected chi connectivity index (χ4v) is 2.30. The summed E-state index contributed by atoms with van der Waals surface area (Å²) < 4.78 is 21.8. The van der Waals surface area contributed by atoms with E-state index in [1.165, 1.54) is 0 Å². The van der Waals surface area contributed by atoms with Crippen molar-refractivity contribution in [3.8, 4) is 6.07 Å². The first-order valence-electron chi connectivity index (χ1n) is 5.41. The van der Waals surface area contributed by atoms with Crippen molar-refractivity contribution in [2.45, 2.75) is 6.42 Å². The number of nitrogens with two attached hydrogens (primary N) is 1. The summed E-state index contributed by atoms with van der Waals surface area (Å²) in [5.41, 5.74) is 1.48. The van der Waals surface area contributed by atoms with Gasteiger partial charge in [0.2, 0.25) is 10.0 Å². The molecule has 2 aromatic carbocycles. The molecule has 4 nitrogen and oxygen atoms in total. The summed E-state index contributed by atoms with van der Waals surface area (Å²) in [4.78, 5) is 0. The smallest absolute Gasteiger partial charge is 0.209 e. The van der Waals surface area contributed by atoms with Crippen LogP contribution in [0.5, 0.6) is 0 Å². The second-order valence-electron chi connectivity index (χ2n) is 4.13. The lowest BCUT2D eigenvalue weighted by atomic mass is 10.0. The van der Waals surface area contributed by atoms with Crippen LogP contribution in [0.1, 0.15) is 11.1 Å². The van der Waals surface area contributed by atoms with Gasteiger partial charge in [0.1, 0.15) is 0 Å². The Morgan fingerprint density at radius 2 is 1.83 bits per heavy atom. The lowest BCUT2D eigenvalue weighted by molar-refractivity contribution is 0.597. The van der Waals surface area contributed by atoms with Crippen LogP contribution in [-0.2, 0) is 16.4 Å². The van der Waals surface area contributed by atoms with Gasteiger partial charge in [0, 0.05) is 0 Å². The van der Waals surface area contributed by atoms with E-state index in [2.05, 4.69) is 6.07 Å². The zero-order valence-electron chi connectivity index (χ0n) is 9.63. The van der Waals surface area contributed by atoms with E-state index in [1.807, 2.05) is 24.3 Å². The van der Waals surface area contributed by atoms with Crippen LogP contribution in [0.2, 0.25) is 0 Å². The summed E-state index contributed by atoms with van der Waals surface area (Å²) in [6, 6.07) is 13.2. The molecule has 0 radical (unpaired) electrons. The summed E-state index contributed by atoms with van der Waals surface area (Å²) in [6.45, 7) is 0. The molecule has 0 heterocycles. The Kier molecular flexibility index (Phi) is 3.32. The van der Waals surface area contributed by atoms with Gasteiger partial charge in [-0.1, -0.05) is 24.3 Å². The Hall–Kier alpha value is -1.90. The number of rotatable bonds is 3. The van der Waals surface area contributed by atoms with Gasteiger partial charge in [0.05, 0.1) is 17.4 Å². The van der Waals surface area contributed by atoms with Crippen molar-refractivity contribution >= 4 is 20.8 Å². The summed E-state index contributed by atoms with van der Waals surface area (Å²) in [6.07, 6.45) is 0.381. The Labute approximate surface area is 106 Å². The van der Waals surface area contributed by atoms with Gasteiger partial charge in [0.15, 0.2) is 0 Å². The average Bonchev–Trinajstić information content (AvgIpc) is 2.34. The lowest BCUT2D eigenvalue weighted by Gasteiger charge is -2.03. The summed E-state index contributed by atoms with van der Waals surface area (Å²) >= 11 is 0. The minimum absolute atomic E-state index is 0.0730. The highest BCUT2D eigenvalue weighted by Crippen LogP contribution is 2.18. The number of hydrogen-bond acceptors (Lipinski definition) is 3. The van der Waals surface area contributed by atoms with Gasteiger partial charge < -0.3 is 0 Å². The van der Waals surface area contributed by atoms with Gasteiger partial charge in [-0.2, -0.15) is 5.26 Å². The van der Waals surface area contributed by atoms with E-state index in [9.17, 15) is 8.42 Å². The Bertz CT molecular complexity index is 730. The normalized spacial score (nSPS) is 11.3. The van der Waals surface area contributed by atoms with E-state index >= 15 is 0 Å². The Morgan fingerprint density at radius 1 is 1.11 bits per heavy atom. The first-order chi connectivity index (χ1) is 8.48. The van der Waals surface area contributed by atoms with Crippen LogP contribution in [-0.4, -0.2) is 14.2 Å². The van der Waals surface area contributed by atoms with Crippen LogP contribution < -0.4 is 5.14 Å². The number of nitrogens with zero attached hydrogens (tertiary/aromatic N) is 1. The monoisotopic (exact) mass is 260 g/mol. The fraction of sp³-hybridized carbons (Fsp3) is 0.154. The number of fused-ring (bicyclic) bond motifs is 1. The fourth-order valence-electron chi connectivity index (χ4n) is 1.78. The van der Waals surface area contributed by atoms with Crippen LogP contribution in [0.15, 0.2) is 36.4 Å². The number of nitriles is 1. The minimum Gasteiger partial charge on any atom is -0.229 e. The molecule has 2 N–H and O–H groups in total. The molecular weight excluding hydrogens is 248 g/mol. The van der Waals surface area contributed by atoms with Crippen molar-refractivity contribution in [1.82, 2.24) is 0 Å². The van der Waals surface area contributed by atoms with E-state index < -0.39 is 10.0 Å². The molecule has 5 heteroatoms. The SMILES string of the molecule is N#Cc1ccc2ccc(CCS(N)(=O)=O)cc2c1. The second kappa shape index (κ2) is 4.77. The molecule has 0 atom stereocenters. The molecule has 0 aliphatic carbocycles. The molecule has 0 aromatic heterocycles. The molecule has 18 heavy (non-hydrogen) atoms. The number of aryl methyl sites for hydroxylation is 1. The molecule has 0 saturated heterocycles. The third kappa shape index (κ3) is 3.06. The van der Waals surface area contributed by atoms with Crippen molar-refractivity contribution in [3.05, 3.63) is 47.5 Å². The maximum Gasteiger partial charge on any atom is 0.209 e. The van der Waals surface area contributed by atoms with Gasteiger partial charge >= 0.3 is 0 Å². The second-order valence-corrected chi connectivity index (χ2v) is 5.86. The molecule has 0 unspecified atom stereocenters. The lowest BCUT2D eigenvalue weighted by Crippen LogP contribution is -2.17. The largest absolute Gasteiger partial charge is 0.229 e. The van der Waals surface area contributed by atoms with Crippen molar-refractivity contribution in [1.29, 1.82) is 5.26 Å². The van der Waals surface area contributed by atoms with Gasteiger partial charge in [0.25, 0.3) is 0 Å². The molecule has 2 rings (SSSR count). The standard InChI is InChI=1S/C13H12N2O2S/c14-9-11-2-4-12-3-1-10(7-13(12)8-11)5-6-18(15,16)17/h1-4,7-8H,5-6H2,(H2,15,16,17). The maximum absolute atomic E-state index is 10.9. The number of benzene rings is 2. The molecule has 0 aliphatic rings. The van der Waals surface area contributed by atoms with E-state index in [1.54, 1.807) is 12.1 Å². The highest BCUT2D eigenvalue weighted by atomic mass is 32.2. The maximum atomic E-state index is 10.9. The third-order valence-corrected chi connectivity index (χ3v) is 3.48. The predicted octanol–water partition coefficient (Wildman–Crippen LogP) is 1.54.